The first-order chi connectivity index (χ1) is 6.20. The first-order valence-corrected chi connectivity index (χ1v) is 3.84. The number of nitrogens with two attached hydrogens (primary N) is 1. The highest BCUT2D eigenvalue weighted by Crippen LogP contribution is 2.17. The summed E-state index contributed by atoms with van der Waals surface area (Å²) in [4.78, 5) is 0. The lowest BCUT2D eigenvalue weighted by Gasteiger charge is -1.98. The fourth-order valence-corrected chi connectivity index (χ4v) is 1.33. The van der Waals surface area contributed by atoms with Gasteiger partial charge in [-0.25, -0.2) is 0 Å². The van der Waals surface area contributed by atoms with Crippen LogP contribution >= 0.6 is 0 Å². The standard InChI is InChI=1S/C9H9N3O/c10-9(11)8-5-6-3-1-2-4-7(6)12(8)13/h1-5,13H,(H3,10,11). The van der Waals surface area contributed by atoms with Crippen LogP contribution in [0.1, 0.15) is 5.69 Å². The highest BCUT2D eigenvalue weighted by Gasteiger charge is 2.08. The van der Waals surface area contributed by atoms with Gasteiger partial charge < -0.3 is 10.9 Å². The molecule has 1 heterocycles. The number of hydrogen-bond donors (Lipinski definition) is 3. The van der Waals surface area contributed by atoms with E-state index >= 15 is 0 Å². The van der Waals surface area contributed by atoms with Crippen molar-refractivity contribution >= 4 is 16.7 Å². The summed E-state index contributed by atoms with van der Waals surface area (Å²) in [6.45, 7) is 0. The Morgan fingerprint density at radius 1 is 1.38 bits per heavy atom. The smallest absolute Gasteiger partial charge is 0.143 e. The van der Waals surface area contributed by atoms with E-state index in [4.69, 9.17) is 11.1 Å². The van der Waals surface area contributed by atoms with Crippen molar-refractivity contribution in [1.82, 2.24) is 4.73 Å². The van der Waals surface area contributed by atoms with Crippen molar-refractivity contribution < 1.29 is 5.21 Å². The van der Waals surface area contributed by atoms with Gasteiger partial charge in [0.2, 0.25) is 0 Å². The van der Waals surface area contributed by atoms with Crippen LogP contribution in [-0.2, 0) is 0 Å². The van der Waals surface area contributed by atoms with Crippen molar-refractivity contribution in [3.05, 3.63) is 36.0 Å². The Morgan fingerprint density at radius 3 is 2.69 bits per heavy atom. The van der Waals surface area contributed by atoms with Crippen molar-refractivity contribution in [2.24, 2.45) is 5.73 Å². The molecule has 0 radical (unpaired) electrons. The SMILES string of the molecule is N=C(N)c1cc2ccccc2n1O. The zero-order chi connectivity index (χ0) is 9.42. The van der Waals surface area contributed by atoms with E-state index in [0.29, 0.717) is 11.2 Å². The number of benzene rings is 1. The van der Waals surface area contributed by atoms with Crippen molar-refractivity contribution in [2.75, 3.05) is 0 Å². The van der Waals surface area contributed by atoms with Crippen LogP contribution in [0.3, 0.4) is 0 Å². The lowest BCUT2D eigenvalue weighted by atomic mass is 10.2. The highest BCUT2D eigenvalue weighted by molar-refractivity contribution is 5.98. The fraction of sp³-hybridized carbons (Fsp3) is 0. The van der Waals surface area contributed by atoms with Crippen LogP contribution in [0.25, 0.3) is 10.9 Å². The first-order valence-electron chi connectivity index (χ1n) is 3.84. The Hall–Kier alpha value is -1.97. The maximum Gasteiger partial charge on any atom is 0.143 e. The van der Waals surface area contributed by atoms with E-state index in [9.17, 15) is 5.21 Å². The predicted molar refractivity (Wildman–Crippen MR) is 50.1 cm³/mol. The summed E-state index contributed by atoms with van der Waals surface area (Å²) in [6.07, 6.45) is 0. The van der Waals surface area contributed by atoms with Gasteiger partial charge in [-0.2, -0.15) is 4.73 Å². The molecule has 0 amide bonds. The Labute approximate surface area is 74.7 Å². The number of amidine groups is 1. The lowest BCUT2D eigenvalue weighted by molar-refractivity contribution is 0.198. The second kappa shape index (κ2) is 2.52. The van der Waals surface area contributed by atoms with E-state index in [1.54, 1.807) is 12.1 Å². The van der Waals surface area contributed by atoms with Crippen LogP contribution in [0.15, 0.2) is 30.3 Å². The zero-order valence-corrected chi connectivity index (χ0v) is 6.86. The molecule has 1 aromatic heterocycles. The molecule has 0 unspecified atom stereocenters. The molecule has 0 aliphatic heterocycles. The van der Waals surface area contributed by atoms with Gasteiger partial charge in [-0.05, 0) is 12.1 Å². The topological polar surface area (TPSA) is 75.0 Å². The average Bonchev–Trinajstić information content (AvgIpc) is 2.45. The van der Waals surface area contributed by atoms with Gasteiger partial charge >= 0.3 is 0 Å². The van der Waals surface area contributed by atoms with E-state index < -0.39 is 0 Å². The molecule has 0 saturated carbocycles. The second-order valence-electron chi connectivity index (χ2n) is 2.81. The maximum absolute atomic E-state index is 9.56. The molecular weight excluding hydrogens is 166 g/mol. The number of aromatic nitrogens is 1. The van der Waals surface area contributed by atoms with Gasteiger partial charge in [0.25, 0.3) is 0 Å². The summed E-state index contributed by atoms with van der Waals surface area (Å²) < 4.78 is 0.928. The highest BCUT2D eigenvalue weighted by atomic mass is 16.5. The fourth-order valence-electron chi connectivity index (χ4n) is 1.33. The number of para-hydroxylation sites is 1. The number of nitrogens with one attached hydrogen (secondary N) is 1. The Balaban J connectivity index is 2.81. The van der Waals surface area contributed by atoms with Crippen molar-refractivity contribution in [3.8, 4) is 0 Å². The second-order valence-corrected chi connectivity index (χ2v) is 2.81. The number of fused-ring (bicyclic) bond motifs is 1. The minimum Gasteiger partial charge on any atom is -0.428 e. The predicted octanol–water partition coefficient (Wildman–Crippen LogP) is 1.16. The molecule has 0 bridgehead atoms. The molecular formula is C9H9N3O. The Bertz CT molecular complexity index is 473. The number of nitrogens with zero attached hydrogens (tertiary/aromatic N) is 1. The molecule has 1 aromatic carbocycles. The van der Waals surface area contributed by atoms with E-state index in [2.05, 4.69) is 0 Å². The summed E-state index contributed by atoms with van der Waals surface area (Å²) in [5.74, 6) is -0.140. The van der Waals surface area contributed by atoms with Gasteiger partial charge in [-0.15, -0.1) is 0 Å². The normalized spacial score (nSPS) is 10.5. The van der Waals surface area contributed by atoms with Gasteiger partial charge in [-0.1, -0.05) is 18.2 Å². The van der Waals surface area contributed by atoms with E-state index in [1.807, 2.05) is 18.2 Å². The van der Waals surface area contributed by atoms with Crippen LogP contribution in [0.5, 0.6) is 0 Å². The van der Waals surface area contributed by atoms with Crippen LogP contribution < -0.4 is 5.73 Å². The largest absolute Gasteiger partial charge is 0.428 e. The molecule has 4 heteroatoms. The quantitative estimate of drug-likeness (QED) is 0.345. The van der Waals surface area contributed by atoms with Gasteiger partial charge in [0.15, 0.2) is 0 Å². The van der Waals surface area contributed by atoms with Crippen molar-refractivity contribution in [2.45, 2.75) is 0 Å². The van der Waals surface area contributed by atoms with E-state index in [0.717, 1.165) is 10.1 Å². The number of rotatable bonds is 1. The third-order valence-electron chi connectivity index (χ3n) is 1.96. The first kappa shape index (κ1) is 7.67. The Kier molecular flexibility index (Phi) is 1.48. The zero-order valence-electron chi connectivity index (χ0n) is 6.86. The van der Waals surface area contributed by atoms with Crippen LogP contribution in [0, 0.1) is 5.41 Å². The number of nitrogen functional groups attached to an aromatic ring is 1. The molecule has 0 aliphatic rings. The van der Waals surface area contributed by atoms with E-state index in [-0.39, 0.29) is 5.84 Å². The van der Waals surface area contributed by atoms with Crippen LogP contribution in [-0.4, -0.2) is 15.8 Å². The van der Waals surface area contributed by atoms with Crippen LogP contribution in [0.4, 0.5) is 0 Å². The minimum absolute atomic E-state index is 0.140. The summed E-state index contributed by atoms with van der Waals surface area (Å²) in [6, 6.07) is 8.99. The molecule has 0 spiro atoms. The average molecular weight is 175 g/mol. The lowest BCUT2D eigenvalue weighted by Crippen LogP contribution is -2.15. The summed E-state index contributed by atoms with van der Waals surface area (Å²) in [5.41, 5.74) is 6.26. The molecule has 2 rings (SSSR count). The van der Waals surface area contributed by atoms with Gasteiger partial charge in [-0.3, -0.25) is 5.41 Å². The third kappa shape index (κ3) is 1.03. The van der Waals surface area contributed by atoms with Gasteiger partial charge in [0.1, 0.15) is 11.5 Å². The van der Waals surface area contributed by atoms with Crippen molar-refractivity contribution in [1.29, 1.82) is 5.41 Å². The van der Waals surface area contributed by atoms with E-state index in [1.165, 1.54) is 0 Å². The Morgan fingerprint density at radius 2 is 2.08 bits per heavy atom. The molecule has 4 nitrogen and oxygen atoms in total. The van der Waals surface area contributed by atoms with Gasteiger partial charge in [0.05, 0.1) is 5.52 Å². The molecule has 0 saturated heterocycles. The summed E-state index contributed by atoms with van der Waals surface area (Å²) >= 11 is 0. The maximum atomic E-state index is 9.56. The minimum atomic E-state index is -0.140. The molecule has 0 atom stereocenters. The molecule has 0 fully saturated rings. The van der Waals surface area contributed by atoms with Gasteiger partial charge in [0, 0.05) is 5.39 Å². The van der Waals surface area contributed by atoms with Crippen molar-refractivity contribution in [3.63, 3.8) is 0 Å². The third-order valence-corrected chi connectivity index (χ3v) is 1.96. The summed E-state index contributed by atoms with van der Waals surface area (Å²) in [5, 5.41) is 17.6. The molecule has 4 N–H and O–H groups in total. The van der Waals surface area contributed by atoms with Crippen LogP contribution in [0.2, 0.25) is 0 Å². The molecule has 2 aromatic rings. The molecule has 13 heavy (non-hydrogen) atoms. The monoisotopic (exact) mass is 175 g/mol. The molecule has 0 aliphatic carbocycles. The molecule has 66 valence electrons. The summed E-state index contributed by atoms with van der Waals surface area (Å²) in [7, 11) is 0. The number of hydrogen-bond acceptors (Lipinski definition) is 2.